The number of anilines is 1. The molecule has 1 aliphatic rings. The highest BCUT2D eigenvalue weighted by Gasteiger charge is 2.25. The number of fused-ring (bicyclic) bond motifs is 1. The van der Waals surface area contributed by atoms with Crippen molar-refractivity contribution >= 4 is 23.5 Å². The van der Waals surface area contributed by atoms with Crippen LogP contribution in [0.15, 0.2) is 16.9 Å². The van der Waals surface area contributed by atoms with Crippen LogP contribution in [0.5, 0.6) is 0 Å². The molecule has 10 heteroatoms. The predicted molar refractivity (Wildman–Crippen MR) is 84.8 cm³/mol. The summed E-state index contributed by atoms with van der Waals surface area (Å²) in [6.45, 7) is 1.70. The van der Waals surface area contributed by atoms with Gasteiger partial charge in [-0.1, -0.05) is 5.16 Å². The Hall–Kier alpha value is -3.30. The molecule has 0 spiro atoms. The van der Waals surface area contributed by atoms with E-state index in [1.54, 1.807) is 6.92 Å². The number of amides is 3. The van der Waals surface area contributed by atoms with Crippen LogP contribution in [0.3, 0.4) is 0 Å². The van der Waals surface area contributed by atoms with Gasteiger partial charge in [-0.3, -0.25) is 14.4 Å². The molecule has 3 rings (SSSR count). The van der Waals surface area contributed by atoms with Crippen molar-refractivity contribution in [1.82, 2.24) is 25.8 Å². The summed E-state index contributed by atoms with van der Waals surface area (Å²) in [7, 11) is 1.49. The summed E-state index contributed by atoms with van der Waals surface area (Å²) in [4.78, 5) is 43.5. The van der Waals surface area contributed by atoms with Gasteiger partial charge >= 0.3 is 0 Å². The third kappa shape index (κ3) is 3.32. The maximum atomic E-state index is 12.5. The SMILES string of the molecule is CNC(=O)c1cc([C@@H](C)NC(=O)c2ncnc3c2CCC(=O)N3)on1. The van der Waals surface area contributed by atoms with Crippen LogP contribution in [0.25, 0.3) is 0 Å². The Morgan fingerprint density at radius 1 is 1.28 bits per heavy atom. The van der Waals surface area contributed by atoms with E-state index in [2.05, 4.69) is 31.1 Å². The standard InChI is InChI=1S/C15H16N6O4/c1-7(10-5-9(21-25-10)14(23)16-2)19-15(24)12-8-3-4-11(22)20-13(8)18-6-17-12/h5-7H,3-4H2,1-2H3,(H,16,23)(H,19,24)(H,17,18,20,22)/t7-/m1/s1. The zero-order valence-electron chi connectivity index (χ0n) is 13.6. The number of carbonyl (C=O) groups is 3. The zero-order valence-corrected chi connectivity index (χ0v) is 13.6. The first kappa shape index (κ1) is 16.6. The van der Waals surface area contributed by atoms with Gasteiger partial charge in [0.15, 0.2) is 11.5 Å². The van der Waals surface area contributed by atoms with Crippen LogP contribution in [0.1, 0.15) is 51.7 Å². The molecule has 1 aliphatic heterocycles. The Bertz CT molecular complexity index is 846. The van der Waals surface area contributed by atoms with Crippen molar-refractivity contribution < 1.29 is 18.9 Å². The van der Waals surface area contributed by atoms with E-state index in [-0.39, 0.29) is 29.6 Å². The maximum Gasteiger partial charge on any atom is 0.273 e. The highest BCUT2D eigenvalue weighted by Crippen LogP contribution is 2.23. The first-order chi connectivity index (χ1) is 12.0. The van der Waals surface area contributed by atoms with Crippen LogP contribution in [-0.4, -0.2) is 39.9 Å². The van der Waals surface area contributed by atoms with E-state index in [1.165, 1.54) is 19.4 Å². The van der Waals surface area contributed by atoms with Crippen LogP contribution in [0.2, 0.25) is 0 Å². The summed E-state index contributed by atoms with van der Waals surface area (Å²) in [5.74, 6) is -0.266. The van der Waals surface area contributed by atoms with E-state index < -0.39 is 11.9 Å². The molecule has 0 saturated carbocycles. The Labute approximate surface area is 142 Å². The highest BCUT2D eigenvalue weighted by molar-refractivity contribution is 5.99. The molecule has 0 radical (unpaired) electrons. The lowest BCUT2D eigenvalue weighted by Crippen LogP contribution is -2.30. The van der Waals surface area contributed by atoms with Crippen molar-refractivity contribution in [2.24, 2.45) is 0 Å². The monoisotopic (exact) mass is 344 g/mol. The lowest BCUT2D eigenvalue weighted by molar-refractivity contribution is -0.116. The summed E-state index contributed by atoms with van der Waals surface area (Å²) < 4.78 is 5.10. The molecule has 25 heavy (non-hydrogen) atoms. The molecule has 0 fully saturated rings. The number of carbonyl (C=O) groups excluding carboxylic acids is 3. The Morgan fingerprint density at radius 3 is 2.84 bits per heavy atom. The third-order valence-electron chi connectivity index (χ3n) is 3.78. The largest absolute Gasteiger partial charge is 0.358 e. The quantitative estimate of drug-likeness (QED) is 0.720. The van der Waals surface area contributed by atoms with Crippen LogP contribution >= 0.6 is 0 Å². The van der Waals surface area contributed by atoms with Crippen molar-refractivity contribution in [3.05, 3.63) is 35.1 Å². The summed E-state index contributed by atoms with van der Waals surface area (Å²) in [5.41, 5.74) is 0.916. The van der Waals surface area contributed by atoms with Gasteiger partial charge in [0, 0.05) is 25.1 Å². The molecular formula is C15H16N6O4. The van der Waals surface area contributed by atoms with E-state index in [4.69, 9.17) is 4.52 Å². The fourth-order valence-corrected chi connectivity index (χ4v) is 2.45. The molecule has 0 aromatic carbocycles. The average Bonchev–Trinajstić information content (AvgIpc) is 3.10. The van der Waals surface area contributed by atoms with E-state index in [1.807, 2.05) is 0 Å². The minimum absolute atomic E-state index is 0.126. The molecule has 10 nitrogen and oxygen atoms in total. The van der Waals surface area contributed by atoms with Gasteiger partial charge in [0.25, 0.3) is 11.8 Å². The second-order valence-electron chi connectivity index (χ2n) is 5.49. The molecule has 130 valence electrons. The van der Waals surface area contributed by atoms with E-state index in [9.17, 15) is 14.4 Å². The van der Waals surface area contributed by atoms with Gasteiger partial charge in [-0.25, -0.2) is 9.97 Å². The minimum atomic E-state index is -0.526. The van der Waals surface area contributed by atoms with Gasteiger partial charge in [0.1, 0.15) is 17.8 Å². The fraction of sp³-hybridized carbons (Fsp3) is 0.333. The lowest BCUT2D eigenvalue weighted by Gasteiger charge is -2.18. The number of rotatable bonds is 4. The second kappa shape index (κ2) is 6.67. The molecule has 3 amide bonds. The first-order valence-corrected chi connectivity index (χ1v) is 7.63. The molecule has 2 aromatic rings. The smallest absolute Gasteiger partial charge is 0.273 e. The van der Waals surface area contributed by atoms with Gasteiger partial charge in [0.2, 0.25) is 5.91 Å². The molecule has 0 saturated heterocycles. The van der Waals surface area contributed by atoms with Gasteiger partial charge in [-0.05, 0) is 13.3 Å². The summed E-state index contributed by atoms with van der Waals surface area (Å²) >= 11 is 0. The van der Waals surface area contributed by atoms with Crippen molar-refractivity contribution in [2.75, 3.05) is 12.4 Å². The van der Waals surface area contributed by atoms with Gasteiger partial charge in [-0.15, -0.1) is 0 Å². The Kier molecular flexibility index (Phi) is 4.42. The highest BCUT2D eigenvalue weighted by atomic mass is 16.5. The summed E-state index contributed by atoms with van der Waals surface area (Å²) in [6.07, 6.45) is 1.89. The van der Waals surface area contributed by atoms with Crippen LogP contribution < -0.4 is 16.0 Å². The van der Waals surface area contributed by atoms with Crippen molar-refractivity contribution in [2.45, 2.75) is 25.8 Å². The number of hydrogen-bond donors (Lipinski definition) is 3. The van der Waals surface area contributed by atoms with E-state index in [0.717, 1.165) is 0 Å². The average molecular weight is 344 g/mol. The lowest BCUT2D eigenvalue weighted by atomic mass is 10.0. The molecule has 0 bridgehead atoms. The number of aromatic nitrogens is 3. The molecule has 2 aromatic heterocycles. The van der Waals surface area contributed by atoms with Gasteiger partial charge < -0.3 is 20.5 Å². The number of nitrogens with one attached hydrogen (secondary N) is 3. The topological polar surface area (TPSA) is 139 Å². The molecule has 3 N–H and O–H groups in total. The second-order valence-corrected chi connectivity index (χ2v) is 5.49. The molecule has 0 unspecified atom stereocenters. The fourth-order valence-electron chi connectivity index (χ4n) is 2.45. The van der Waals surface area contributed by atoms with Crippen LogP contribution in [-0.2, 0) is 11.2 Å². The van der Waals surface area contributed by atoms with Crippen LogP contribution in [0, 0.1) is 0 Å². The number of nitrogens with zero attached hydrogens (tertiary/aromatic N) is 3. The molecular weight excluding hydrogens is 328 g/mol. The zero-order chi connectivity index (χ0) is 18.0. The first-order valence-electron chi connectivity index (χ1n) is 7.63. The normalized spacial score (nSPS) is 14.2. The maximum absolute atomic E-state index is 12.5. The molecule has 3 heterocycles. The molecule has 1 atom stereocenters. The number of hydrogen-bond acceptors (Lipinski definition) is 7. The third-order valence-corrected chi connectivity index (χ3v) is 3.78. The van der Waals surface area contributed by atoms with Crippen LogP contribution in [0.4, 0.5) is 5.82 Å². The van der Waals surface area contributed by atoms with Crippen molar-refractivity contribution in [3.8, 4) is 0 Å². The molecule has 0 aliphatic carbocycles. The van der Waals surface area contributed by atoms with E-state index in [0.29, 0.717) is 23.6 Å². The van der Waals surface area contributed by atoms with Gasteiger partial charge in [-0.2, -0.15) is 0 Å². The Balaban J connectivity index is 1.76. The minimum Gasteiger partial charge on any atom is -0.358 e. The summed E-state index contributed by atoms with van der Waals surface area (Å²) in [6, 6.07) is 0.932. The van der Waals surface area contributed by atoms with Crippen molar-refractivity contribution in [1.29, 1.82) is 0 Å². The van der Waals surface area contributed by atoms with Gasteiger partial charge in [0.05, 0.1) is 6.04 Å². The Morgan fingerprint density at radius 2 is 2.08 bits per heavy atom. The van der Waals surface area contributed by atoms with Crippen molar-refractivity contribution in [3.63, 3.8) is 0 Å². The predicted octanol–water partition coefficient (Wildman–Crippen LogP) is 0.200. The van der Waals surface area contributed by atoms with E-state index >= 15 is 0 Å². The summed E-state index contributed by atoms with van der Waals surface area (Å²) in [5, 5.41) is 11.4.